The van der Waals surface area contributed by atoms with Crippen molar-refractivity contribution in [1.82, 2.24) is 0 Å². The van der Waals surface area contributed by atoms with Crippen LogP contribution in [0.25, 0.3) is 5.76 Å². The number of aliphatic hydroxyl groups excluding tert-OH is 1. The number of anilines is 1. The van der Waals surface area contributed by atoms with Crippen LogP contribution in [-0.4, -0.2) is 35.0 Å². The first-order valence-corrected chi connectivity index (χ1v) is 10.6. The highest BCUT2D eigenvalue weighted by Crippen LogP contribution is 2.42. The number of nitrogens with zero attached hydrogens (tertiary/aromatic N) is 1. The predicted molar refractivity (Wildman–Crippen MR) is 122 cm³/mol. The van der Waals surface area contributed by atoms with Crippen LogP contribution in [0.5, 0.6) is 5.75 Å². The fourth-order valence-corrected chi connectivity index (χ4v) is 4.27. The lowest BCUT2D eigenvalue weighted by molar-refractivity contribution is -0.136. The lowest BCUT2D eigenvalue weighted by Crippen LogP contribution is -2.29. The maximum absolute atomic E-state index is 13.1. The van der Waals surface area contributed by atoms with Crippen LogP contribution in [0.2, 0.25) is 0 Å². The quantitative estimate of drug-likeness (QED) is 0.287. The minimum atomic E-state index is -1.01. The number of hydrogen-bond acceptors (Lipinski definition) is 6. The van der Waals surface area contributed by atoms with Gasteiger partial charge in [-0.1, -0.05) is 12.1 Å². The van der Waals surface area contributed by atoms with E-state index in [0.29, 0.717) is 27.0 Å². The number of halogens is 1. The van der Waals surface area contributed by atoms with Crippen LogP contribution in [0.15, 0.2) is 75.3 Å². The topological polar surface area (TPSA) is 117 Å². The highest BCUT2D eigenvalue weighted by Gasteiger charge is 2.48. The summed E-state index contributed by atoms with van der Waals surface area (Å²) >= 11 is 3.36. The Hall–Kier alpha value is -3.85. The molecule has 1 fully saturated rings. The first kappa shape index (κ1) is 22.3. The van der Waals surface area contributed by atoms with Crippen LogP contribution in [0.1, 0.15) is 22.9 Å². The van der Waals surface area contributed by atoms with Crippen LogP contribution < -0.4 is 9.64 Å². The van der Waals surface area contributed by atoms with Crippen molar-refractivity contribution >= 4 is 45.0 Å². The molecule has 0 radical (unpaired) electrons. The van der Waals surface area contributed by atoms with E-state index in [0.717, 1.165) is 0 Å². The Morgan fingerprint density at radius 2 is 1.85 bits per heavy atom. The van der Waals surface area contributed by atoms with Gasteiger partial charge in [-0.3, -0.25) is 19.3 Å². The Morgan fingerprint density at radius 3 is 2.42 bits per heavy atom. The number of benzene rings is 2. The second-order valence-electron chi connectivity index (χ2n) is 7.27. The number of aliphatic hydroxyl groups is 1. The van der Waals surface area contributed by atoms with Crippen molar-refractivity contribution in [2.75, 3.05) is 12.0 Å². The number of ether oxygens (including phenoxy) is 1. The Morgan fingerprint density at radius 1 is 1.12 bits per heavy atom. The molecule has 2 N–H and O–H groups in total. The van der Waals surface area contributed by atoms with Crippen LogP contribution in [0, 0.1) is 0 Å². The molecule has 1 amide bonds. The van der Waals surface area contributed by atoms with Gasteiger partial charge in [-0.2, -0.15) is 0 Å². The molecule has 0 spiro atoms. The number of carboxylic acid groups (broad SMARTS) is 1. The van der Waals surface area contributed by atoms with Gasteiger partial charge in [0.15, 0.2) is 0 Å². The molecule has 1 atom stereocenters. The van der Waals surface area contributed by atoms with Crippen molar-refractivity contribution in [3.63, 3.8) is 0 Å². The number of aliphatic carboxylic acids is 1. The van der Waals surface area contributed by atoms with Crippen LogP contribution >= 0.6 is 15.9 Å². The molecule has 168 valence electrons. The van der Waals surface area contributed by atoms with Gasteiger partial charge in [0.1, 0.15) is 23.3 Å². The number of Topliss-reactive ketones (excluding diaryl/α,β-unsaturated/α-hetero) is 1. The number of carbonyl (C=O) groups excluding carboxylic acids is 2. The van der Waals surface area contributed by atoms with E-state index in [-0.39, 0.29) is 23.5 Å². The van der Waals surface area contributed by atoms with Crippen molar-refractivity contribution in [2.45, 2.75) is 12.5 Å². The molecule has 1 saturated heterocycles. The van der Waals surface area contributed by atoms with E-state index < -0.39 is 23.7 Å². The third kappa shape index (κ3) is 4.14. The molecule has 33 heavy (non-hydrogen) atoms. The summed E-state index contributed by atoms with van der Waals surface area (Å²) in [6.45, 7) is 0. The monoisotopic (exact) mass is 511 g/mol. The van der Waals surface area contributed by atoms with Crippen molar-refractivity contribution in [3.05, 3.63) is 87.8 Å². The van der Waals surface area contributed by atoms with Gasteiger partial charge in [-0.15, -0.1) is 0 Å². The zero-order chi connectivity index (χ0) is 23.7. The first-order valence-electron chi connectivity index (χ1n) is 9.81. The van der Waals surface area contributed by atoms with E-state index in [2.05, 4.69) is 15.9 Å². The van der Waals surface area contributed by atoms with E-state index in [9.17, 15) is 19.5 Å². The van der Waals surface area contributed by atoms with Gasteiger partial charge < -0.3 is 19.4 Å². The molecule has 9 heteroatoms. The number of furan rings is 1. The summed E-state index contributed by atoms with van der Waals surface area (Å²) in [6.07, 6.45) is 1.24. The summed E-state index contributed by atoms with van der Waals surface area (Å²) in [5.74, 6) is -2.21. The highest BCUT2D eigenvalue weighted by molar-refractivity contribution is 9.10. The SMILES string of the molecule is COc1ccc(/C(O)=C2/C(=O)C(=O)N(c3ccc(CC(=O)O)cc3)C2c2ccco2)cc1Br. The Bertz CT molecular complexity index is 1260. The van der Waals surface area contributed by atoms with Crippen molar-refractivity contribution < 1.29 is 33.8 Å². The van der Waals surface area contributed by atoms with E-state index in [4.69, 9.17) is 14.3 Å². The average molecular weight is 512 g/mol. The van der Waals surface area contributed by atoms with Crippen molar-refractivity contribution in [1.29, 1.82) is 0 Å². The second kappa shape index (κ2) is 8.95. The third-order valence-corrected chi connectivity index (χ3v) is 5.87. The van der Waals surface area contributed by atoms with E-state index in [1.165, 1.54) is 18.3 Å². The van der Waals surface area contributed by atoms with E-state index in [1.54, 1.807) is 54.6 Å². The zero-order valence-corrected chi connectivity index (χ0v) is 18.9. The molecule has 2 heterocycles. The molecule has 0 bridgehead atoms. The molecule has 1 unspecified atom stereocenters. The molecule has 0 saturated carbocycles. The zero-order valence-electron chi connectivity index (χ0n) is 17.3. The predicted octanol–water partition coefficient (Wildman–Crippen LogP) is 4.30. The normalized spacial score (nSPS) is 17.4. The number of hydrogen-bond donors (Lipinski definition) is 2. The molecule has 8 nitrogen and oxygen atoms in total. The largest absolute Gasteiger partial charge is 0.507 e. The summed E-state index contributed by atoms with van der Waals surface area (Å²) in [6, 6.07) is 13.3. The Kier molecular flexibility index (Phi) is 6.06. The van der Waals surface area contributed by atoms with Gasteiger partial charge in [0.25, 0.3) is 11.7 Å². The minimum Gasteiger partial charge on any atom is -0.507 e. The fraction of sp³-hybridized carbons (Fsp3) is 0.125. The van der Waals surface area contributed by atoms with Gasteiger partial charge in [0, 0.05) is 11.3 Å². The summed E-state index contributed by atoms with van der Waals surface area (Å²) < 4.78 is 11.3. The average Bonchev–Trinajstić information content (AvgIpc) is 3.40. The van der Waals surface area contributed by atoms with Crippen molar-refractivity contribution in [3.8, 4) is 5.75 Å². The van der Waals surface area contributed by atoms with E-state index >= 15 is 0 Å². The van der Waals surface area contributed by atoms with Gasteiger partial charge in [0.2, 0.25) is 0 Å². The summed E-state index contributed by atoms with van der Waals surface area (Å²) in [7, 11) is 1.50. The number of ketones is 1. The fourth-order valence-electron chi connectivity index (χ4n) is 3.73. The Labute approximate surface area is 196 Å². The standard InChI is InChI=1S/C24H18BrNO7/c1-32-17-9-6-14(12-16(17)25)22(29)20-21(18-3-2-10-33-18)26(24(31)23(20)30)15-7-4-13(5-8-15)11-19(27)28/h2-10,12,21,29H,11H2,1H3,(H,27,28)/b22-20-. The second-order valence-corrected chi connectivity index (χ2v) is 8.13. The molecule has 4 rings (SSSR count). The van der Waals surface area contributed by atoms with Crippen LogP contribution in [0.3, 0.4) is 0 Å². The van der Waals surface area contributed by atoms with Gasteiger partial charge in [0.05, 0.1) is 29.8 Å². The summed E-state index contributed by atoms with van der Waals surface area (Å²) in [5, 5.41) is 20.1. The molecule has 1 aliphatic heterocycles. The van der Waals surface area contributed by atoms with Gasteiger partial charge in [-0.25, -0.2) is 0 Å². The molecule has 1 aliphatic rings. The number of rotatable bonds is 6. The smallest absolute Gasteiger partial charge is 0.307 e. The number of carboxylic acids is 1. The molecule has 0 aliphatic carbocycles. The Balaban J connectivity index is 1.84. The molecular weight excluding hydrogens is 494 g/mol. The molecule has 3 aromatic rings. The summed E-state index contributed by atoms with van der Waals surface area (Å²) in [5.41, 5.74) is 1.10. The molecule has 2 aromatic carbocycles. The minimum absolute atomic E-state index is 0.123. The van der Waals surface area contributed by atoms with E-state index in [1.807, 2.05) is 0 Å². The lowest BCUT2D eigenvalue weighted by atomic mass is 9.99. The van der Waals surface area contributed by atoms with Gasteiger partial charge in [-0.05, 0) is 64.0 Å². The van der Waals surface area contributed by atoms with Crippen molar-refractivity contribution in [2.24, 2.45) is 0 Å². The maximum Gasteiger partial charge on any atom is 0.307 e. The number of methoxy groups -OCH3 is 1. The number of carbonyl (C=O) groups is 3. The molecule has 1 aromatic heterocycles. The maximum atomic E-state index is 13.1. The lowest BCUT2D eigenvalue weighted by Gasteiger charge is -2.23. The first-order chi connectivity index (χ1) is 15.8. The van der Waals surface area contributed by atoms with Crippen LogP contribution in [0.4, 0.5) is 5.69 Å². The number of amides is 1. The van der Waals surface area contributed by atoms with Crippen LogP contribution in [-0.2, 0) is 20.8 Å². The molecular formula is C24H18BrNO7. The third-order valence-electron chi connectivity index (χ3n) is 5.25. The highest BCUT2D eigenvalue weighted by atomic mass is 79.9. The van der Waals surface area contributed by atoms with Gasteiger partial charge >= 0.3 is 5.97 Å². The summed E-state index contributed by atoms with van der Waals surface area (Å²) in [4.78, 5) is 38.3.